The fourth-order valence-electron chi connectivity index (χ4n) is 2.52. The van der Waals surface area contributed by atoms with Crippen LogP contribution in [0.1, 0.15) is 11.1 Å². The van der Waals surface area contributed by atoms with Crippen LogP contribution in [-0.4, -0.2) is 32.3 Å². The zero-order valence-electron chi connectivity index (χ0n) is 13.3. The molecule has 0 fully saturated rings. The van der Waals surface area contributed by atoms with Gasteiger partial charge in [0.2, 0.25) is 0 Å². The first kappa shape index (κ1) is 15.4. The Bertz CT molecular complexity index is 1050. The van der Waals surface area contributed by atoms with Crippen LogP contribution in [0.25, 0.3) is 34.7 Å². The SMILES string of the molecule is COc1ccc2nc(-c3[nH]ncc3/C=C/c3ccc(Cl)nc3)[nH]c2c1. The van der Waals surface area contributed by atoms with Gasteiger partial charge >= 0.3 is 0 Å². The second-order valence-electron chi connectivity index (χ2n) is 5.42. The Morgan fingerprint density at radius 3 is 2.84 bits per heavy atom. The minimum absolute atomic E-state index is 0.471. The summed E-state index contributed by atoms with van der Waals surface area (Å²) in [5, 5.41) is 7.60. The fourth-order valence-corrected chi connectivity index (χ4v) is 2.63. The number of aromatic amines is 2. The number of nitrogens with one attached hydrogen (secondary N) is 2. The third-order valence-electron chi connectivity index (χ3n) is 3.80. The van der Waals surface area contributed by atoms with Crippen LogP contribution in [0.4, 0.5) is 0 Å². The van der Waals surface area contributed by atoms with Gasteiger partial charge in [0.25, 0.3) is 0 Å². The first-order valence-electron chi connectivity index (χ1n) is 7.60. The van der Waals surface area contributed by atoms with Crippen LogP contribution in [0.3, 0.4) is 0 Å². The number of nitrogens with zero attached hydrogens (tertiary/aromatic N) is 3. The van der Waals surface area contributed by atoms with Gasteiger partial charge in [-0.15, -0.1) is 0 Å². The minimum atomic E-state index is 0.471. The Hall–Kier alpha value is -3.12. The number of aromatic nitrogens is 5. The lowest BCUT2D eigenvalue weighted by atomic mass is 10.2. The van der Waals surface area contributed by atoms with E-state index in [-0.39, 0.29) is 0 Å². The first-order valence-corrected chi connectivity index (χ1v) is 7.98. The van der Waals surface area contributed by atoms with Gasteiger partial charge in [-0.3, -0.25) is 5.10 Å². The van der Waals surface area contributed by atoms with Crippen molar-refractivity contribution < 1.29 is 4.74 Å². The van der Waals surface area contributed by atoms with E-state index >= 15 is 0 Å². The smallest absolute Gasteiger partial charge is 0.157 e. The van der Waals surface area contributed by atoms with Crippen LogP contribution in [0.2, 0.25) is 5.15 Å². The van der Waals surface area contributed by atoms with Gasteiger partial charge in [-0.2, -0.15) is 5.10 Å². The Morgan fingerprint density at radius 1 is 1.12 bits per heavy atom. The highest BCUT2D eigenvalue weighted by Crippen LogP contribution is 2.25. The number of ether oxygens (including phenoxy) is 1. The molecule has 0 aliphatic heterocycles. The average Bonchev–Trinajstić information content (AvgIpc) is 3.26. The third-order valence-corrected chi connectivity index (χ3v) is 4.02. The zero-order valence-corrected chi connectivity index (χ0v) is 14.1. The topological polar surface area (TPSA) is 79.5 Å². The van der Waals surface area contributed by atoms with E-state index < -0.39 is 0 Å². The van der Waals surface area contributed by atoms with Gasteiger partial charge in [0.15, 0.2) is 5.82 Å². The molecule has 0 aliphatic rings. The molecule has 0 bridgehead atoms. The van der Waals surface area contributed by atoms with Crippen molar-refractivity contribution in [2.45, 2.75) is 0 Å². The van der Waals surface area contributed by atoms with Gasteiger partial charge in [0, 0.05) is 17.8 Å². The van der Waals surface area contributed by atoms with Gasteiger partial charge in [-0.25, -0.2) is 9.97 Å². The number of rotatable bonds is 4. The summed E-state index contributed by atoms with van der Waals surface area (Å²) in [7, 11) is 1.64. The maximum Gasteiger partial charge on any atom is 0.157 e. The monoisotopic (exact) mass is 351 g/mol. The molecule has 3 aromatic heterocycles. The molecular weight excluding hydrogens is 338 g/mol. The standard InChI is InChI=1S/C18H14ClN5O/c1-25-13-5-6-14-15(8-13)23-18(22-14)17-12(10-21-24-17)4-2-11-3-7-16(19)20-9-11/h2-10H,1H3,(H,21,24)(H,22,23)/b4-2+. The van der Waals surface area contributed by atoms with E-state index in [1.807, 2.05) is 36.4 Å². The zero-order chi connectivity index (χ0) is 17.2. The van der Waals surface area contributed by atoms with Crippen LogP contribution >= 0.6 is 11.6 Å². The van der Waals surface area contributed by atoms with E-state index in [1.165, 1.54) is 0 Å². The minimum Gasteiger partial charge on any atom is -0.497 e. The van der Waals surface area contributed by atoms with Crippen LogP contribution in [-0.2, 0) is 0 Å². The van der Waals surface area contributed by atoms with Crippen molar-refractivity contribution in [2.75, 3.05) is 7.11 Å². The molecular formula is C18H14ClN5O. The molecule has 0 unspecified atom stereocenters. The molecule has 2 N–H and O–H groups in total. The average molecular weight is 352 g/mol. The summed E-state index contributed by atoms with van der Waals surface area (Å²) in [6.45, 7) is 0. The molecule has 0 amide bonds. The number of pyridine rings is 1. The van der Waals surface area contributed by atoms with Gasteiger partial charge in [-0.1, -0.05) is 29.8 Å². The largest absolute Gasteiger partial charge is 0.497 e. The molecule has 0 aliphatic carbocycles. The lowest BCUT2D eigenvalue weighted by Crippen LogP contribution is -1.83. The van der Waals surface area contributed by atoms with E-state index in [0.29, 0.717) is 5.15 Å². The van der Waals surface area contributed by atoms with E-state index in [4.69, 9.17) is 16.3 Å². The normalized spacial score (nSPS) is 11.4. The highest BCUT2D eigenvalue weighted by atomic mass is 35.5. The van der Waals surface area contributed by atoms with Crippen molar-refractivity contribution in [2.24, 2.45) is 0 Å². The number of imidazole rings is 1. The number of benzene rings is 1. The van der Waals surface area contributed by atoms with Crippen molar-refractivity contribution >= 4 is 34.8 Å². The molecule has 124 valence electrons. The summed E-state index contributed by atoms with van der Waals surface area (Å²) >= 11 is 5.81. The number of fused-ring (bicyclic) bond motifs is 1. The number of hydrogen-bond acceptors (Lipinski definition) is 4. The highest BCUT2D eigenvalue weighted by molar-refractivity contribution is 6.29. The molecule has 0 saturated carbocycles. The molecule has 0 spiro atoms. The van der Waals surface area contributed by atoms with Crippen LogP contribution in [0, 0.1) is 0 Å². The van der Waals surface area contributed by atoms with Crippen LogP contribution in [0.15, 0.2) is 42.7 Å². The molecule has 6 nitrogen and oxygen atoms in total. The predicted octanol–water partition coefficient (Wildman–Crippen LogP) is 4.18. The Morgan fingerprint density at radius 2 is 2.04 bits per heavy atom. The van der Waals surface area contributed by atoms with Crippen LogP contribution in [0.5, 0.6) is 5.75 Å². The molecule has 4 aromatic rings. The van der Waals surface area contributed by atoms with E-state index in [9.17, 15) is 0 Å². The number of H-pyrrole nitrogens is 2. The molecule has 1 aromatic carbocycles. The molecule has 7 heteroatoms. The van der Waals surface area contributed by atoms with Gasteiger partial charge < -0.3 is 9.72 Å². The third kappa shape index (κ3) is 3.12. The molecule has 0 radical (unpaired) electrons. The Labute approximate surface area is 148 Å². The van der Waals surface area contributed by atoms with Gasteiger partial charge in [0.05, 0.1) is 24.3 Å². The summed E-state index contributed by atoms with van der Waals surface area (Å²) in [5.74, 6) is 1.50. The van der Waals surface area contributed by atoms with Crippen molar-refractivity contribution in [1.82, 2.24) is 25.1 Å². The maximum atomic E-state index is 5.81. The van der Waals surface area contributed by atoms with Crippen molar-refractivity contribution in [3.05, 3.63) is 59.0 Å². The summed E-state index contributed by atoms with van der Waals surface area (Å²) in [6.07, 6.45) is 7.37. The Balaban J connectivity index is 1.68. The van der Waals surface area contributed by atoms with E-state index in [1.54, 1.807) is 25.6 Å². The van der Waals surface area contributed by atoms with Gasteiger partial charge in [-0.05, 0) is 23.8 Å². The molecule has 4 rings (SSSR count). The van der Waals surface area contributed by atoms with Crippen LogP contribution < -0.4 is 4.74 Å². The highest BCUT2D eigenvalue weighted by Gasteiger charge is 2.11. The van der Waals surface area contributed by atoms with E-state index in [2.05, 4.69) is 25.1 Å². The first-order chi connectivity index (χ1) is 12.2. The second-order valence-corrected chi connectivity index (χ2v) is 5.80. The molecule has 25 heavy (non-hydrogen) atoms. The molecule has 0 saturated heterocycles. The van der Waals surface area contributed by atoms with Crippen molar-refractivity contribution in [3.63, 3.8) is 0 Å². The number of methoxy groups -OCH3 is 1. The van der Waals surface area contributed by atoms with Gasteiger partial charge in [0.1, 0.15) is 16.6 Å². The quantitative estimate of drug-likeness (QED) is 0.540. The lowest BCUT2D eigenvalue weighted by molar-refractivity contribution is 0.415. The summed E-state index contributed by atoms with van der Waals surface area (Å²) in [5.41, 5.74) is 4.45. The summed E-state index contributed by atoms with van der Waals surface area (Å²) < 4.78 is 5.25. The van der Waals surface area contributed by atoms with E-state index in [0.717, 1.165) is 39.4 Å². The van der Waals surface area contributed by atoms with Crippen molar-refractivity contribution in [3.8, 4) is 17.3 Å². The predicted molar refractivity (Wildman–Crippen MR) is 98.4 cm³/mol. The summed E-state index contributed by atoms with van der Waals surface area (Å²) in [4.78, 5) is 12.0. The molecule has 0 atom stereocenters. The fraction of sp³-hybridized carbons (Fsp3) is 0.0556. The number of halogens is 1. The number of hydrogen-bond donors (Lipinski definition) is 2. The second kappa shape index (κ2) is 6.41. The van der Waals surface area contributed by atoms with Crippen molar-refractivity contribution in [1.29, 1.82) is 0 Å². The maximum absolute atomic E-state index is 5.81. The molecule has 3 heterocycles. The Kier molecular flexibility index (Phi) is 3.95. The lowest BCUT2D eigenvalue weighted by Gasteiger charge is -1.96. The summed E-state index contributed by atoms with van der Waals surface area (Å²) in [6, 6.07) is 9.37.